The molecule has 2 heteroatoms. The van der Waals surface area contributed by atoms with E-state index in [1.54, 1.807) is 0 Å². The molecule has 2 nitrogen and oxygen atoms in total. The zero-order chi connectivity index (χ0) is 15.6. The number of fused-ring (bicyclic) bond motifs is 1. The van der Waals surface area contributed by atoms with Crippen LogP contribution in [0.3, 0.4) is 0 Å². The molecule has 3 rings (SSSR count). The van der Waals surface area contributed by atoms with E-state index in [1.807, 2.05) is 42.5 Å². The van der Waals surface area contributed by atoms with E-state index in [-0.39, 0.29) is 5.92 Å². The van der Waals surface area contributed by atoms with Crippen molar-refractivity contribution < 1.29 is 10.2 Å². The average molecular weight is 296 g/mol. The molecule has 0 unspecified atom stereocenters. The molecule has 0 radical (unpaired) electrons. The molecule has 0 saturated heterocycles. The molecular formula is C20H24O2. The fourth-order valence-electron chi connectivity index (χ4n) is 3.35. The van der Waals surface area contributed by atoms with Crippen LogP contribution in [-0.2, 0) is 5.60 Å². The molecule has 116 valence electrons. The highest BCUT2D eigenvalue weighted by Gasteiger charge is 2.35. The number of aliphatic hydroxyl groups is 2. The lowest BCUT2D eigenvalue weighted by Gasteiger charge is -2.35. The molecule has 1 aliphatic carbocycles. The summed E-state index contributed by atoms with van der Waals surface area (Å²) in [5, 5.41) is 23.6. The first-order valence-electron chi connectivity index (χ1n) is 8.21. The molecule has 2 aromatic rings. The highest BCUT2D eigenvalue weighted by molar-refractivity contribution is 5.83. The van der Waals surface area contributed by atoms with Crippen molar-refractivity contribution in [1.82, 2.24) is 0 Å². The number of hydrogen-bond donors (Lipinski definition) is 2. The molecule has 22 heavy (non-hydrogen) atoms. The molecule has 2 aromatic carbocycles. The monoisotopic (exact) mass is 296 g/mol. The van der Waals surface area contributed by atoms with Gasteiger partial charge in [0.1, 0.15) is 5.60 Å². The summed E-state index contributed by atoms with van der Waals surface area (Å²) in [6.07, 6.45) is 7.00. The van der Waals surface area contributed by atoms with E-state index >= 15 is 0 Å². The van der Waals surface area contributed by atoms with Gasteiger partial charge in [-0.15, -0.1) is 0 Å². The Bertz CT molecular complexity index is 676. The van der Waals surface area contributed by atoms with Gasteiger partial charge < -0.3 is 10.2 Å². The summed E-state index contributed by atoms with van der Waals surface area (Å²) in [5.74, 6) is 0.167. The van der Waals surface area contributed by atoms with Gasteiger partial charge in [0.15, 0.2) is 0 Å². The molecular weight excluding hydrogens is 272 g/mol. The second-order valence-corrected chi connectivity index (χ2v) is 6.42. The SMILES string of the molecule is CCCC[C@H]1C=C[C@](O)(c2ccc3ccccc3c2)C[C@H]1O. The lowest BCUT2D eigenvalue weighted by Crippen LogP contribution is -2.36. The molecule has 0 aromatic heterocycles. The third-order valence-electron chi connectivity index (χ3n) is 4.77. The van der Waals surface area contributed by atoms with E-state index in [0.717, 1.165) is 35.6 Å². The quantitative estimate of drug-likeness (QED) is 0.832. The van der Waals surface area contributed by atoms with Crippen molar-refractivity contribution in [3.05, 3.63) is 60.2 Å². The minimum absolute atomic E-state index is 0.167. The molecule has 2 N–H and O–H groups in total. The summed E-state index contributed by atoms with van der Waals surface area (Å²) < 4.78 is 0. The second kappa shape index (κ2) is 6.23. The second-order valence-electron chi connectivity index (χ2n) is 6.42. The van der Waals surface area contributed by atoms with Gasteiger partial charge in [0.2, 0.25) is 0 Å². The third kappa shape index (κ3) is 2.94. The number of unbranched alkanes of at least 4 members (excludes halogenated alkanes) is 1. The van der Waals surface area contributed by atoms with Crippen LogP contribution in [0.25, 0.3) is 10.8 Å². The highest BCUT2D eigenvalue weighted by atomic mass is 16.3. The van der Waals surface area contributed by atoms with Crippen LogP contribution in [0.2, 0.25) is 0 Å². The Morgan fingerprint density at radius 3 is 2.64 bits per heavy atom. The smallest absolute Gasteiger partial charge is 0.110 e. The molecule has 0 spiro atoms. The summed E-state index contributed by atoms with van der Waals surface area (Å²) in [6.45, 7) is 2.16. The van der Waals surface area contributed by atoms with Crippen molar-refractivity contribution in [2.45, 2.75) is 44.3 Å². The molecule has 0 aliphatic heterocycles. The highest BCUT2D eigenvalue weighted by Crippen LogP contribution is 2.37. The lowest BCUT2D eigenvalue weighted by molar-refractivity contribution is -0.00502. The molecule has 1 aliphatic rings. The summed E-state index contributed by atoms with van der Waals surface area (Å²) in [4.78, 5) is 0. The summed E-state index contributed by atoms with van der Waals surface area (Å²) in [7, 11) is 0. The van der Waals surface area contributed by atoms with Crippen molar-refractivity contribution in [2.24, 2.45) is 5.92 Å². The van der Waals surface area contributed by atoms with Gasteiger partial charge in [-0.2, -0.15) is 0 Å². The minimum Gasteiger partial charge on any atom is -0.392 e. The zero-order valence-electron chi connectivity index (χ0n) is 13.1. The predicted molar refractivity (Wildman–Crippen MR) is 90.6 cm³/mol. The number of aliphatic hydroxyl groups excluding tert-OH is 1. The topological polar surface area (TPSA) is 40.5 Å². The van der Waals surface area contributed by atoms with Gasteiger partial charge in [0.25, 0.3) is 0 Å². The summed E-state index contributed by atoms with van der Waals surface area (Å²) >= 11 is 0. The van der Waals surface area contributed by atoms with Gasteiger partial charge in [-0.05, 0) is 28.8 Å². The van der Waals surface area contributed by atoms with Crippen molar-refractivity contribution in [1.29, 1.82) is 0 Å². The fourth-order valence-corrected chi connectivity index (χ4v) is 3.35. The maximum atomic E-state index is 11.0. The zero-order valence-corrected chi connectivity index (χ0v) is 13.1. The minimum atomic E-state index is -1.06. The Hall–Kier alpha value is -1.64. The normalized spacial score (nSPS) is 28.1. The number of rotatable bonds is 4. The van der Waals surface area contributed by atoms with Crippen LogP contribution in [0, 0.1) is 5.92 Å². The summed E-state index contributed by atoms with van der Waals surface area (Å²) in [5.41, 5.74) is -0.206. The molecule has 0 saturated carbocycles. The maximum Gasteiger partial charge on any atom is 0.110 e. The number of hydrogen-bond acceptors (Lipinski definition) is 2. The van der Waals surface area contributed by atoms with Gasteiger partial charge in [-0.1, -0.05) is 68.3 Å². The lowest BCUT2D eigenvalue weighted by atomic mass is 9.77. The predicted octanol–water partition coefficient (Wildman–Crippen LogP) is 4.15. The summed E-state index contributed by atoms with van der Waals surface area (Å²) in [6, 6.07) is 14.2. The first-order valence-corrected chi connectivity index (χ1v) is 8.21. The average Bonchev–Trinajstić information content (AvgIpc) is 2.54. The third-order valence-corrected chi connectivity index (χ3v) is 4.77. The van der Waals surface area contributed by atoms with Gasteiger partial charge in [-0.25, -0.2) is 0 Å². The standard InChI is InChI=1S/C20H24O2/c1-2-3-6-16-11-12-20(22,14-19(16)21)18-10-9-15-7-4-5-8-17(15)13-18/h4-5,7-13,16,19,21-22H,2-3,6,14H2,1H3/t16-,19+,20+/m0/s1. The van der Waals surface area contributed by atoms with Crippen LogP contribution in [0.15, 0.2) is 54.6 Å². The number of benzene rings is 2. The fraction of sp³-hybridized carbons (Fsp3) is 0.400. The van der Waals surface area contributed by atoms with E-state index in [9.17, 15) is 10.2 Å². The first kappa shape index (κ1) is 15.3. The van der Waals surface area contributed by atoms with Crippen LogP contribution >= 0.6 is 0 Å². The Kier molecular flexibility index (Phi) is 4.32. The van der Waals surface area contributed by atoms with E-state index in [2.05, 4.69) is 19.1 Å². The Morgan fingerprint density at radius 1 is 1.14 bits per heavy atom. The van der Waals surface area contributed by atoms with Crippen LogP contribution in [0.4, 0.5) is 0 Å². The molecule has 0 bridgehead atoms. The first-order chi connectivity index (χ1) is 10.6. The van der Waals surface area contributed by atoms with Crippen LogP contribution in [-0.4, -0.2) is 16.3 Å². The van der Waals surface area contributed by atoms with Gasteiger partial charge in [-0.3, -0.25) is 0 Å². The van der Waals surface area contributed by atoms with Crippen LogP contribution in [0.5, 0.6) is 0 Å². The van der Waals surface area contributed by atoms with E-state index < -0.39 is 11.7 Å². The Morgan fingerprint density at radius 2 is 1.91 bits per heavy atom. The van der Waals surface area contributed by atoms with Crippen molar-refractivity contribution in [2.75, 3.05) is 0 Å². The van der Waals surface area contributed by atoms with Gasteiger partial charge >= 0.3 is 0 Å². The van der Waals surface area contributed by atoms with E-state index in [1.165, 1.54) is 0 Å². The van der Waals surface area contributed by atoms with Gasteiger partial charge in [0, 0.05) is 12.3 Å². The van der Waals surface area contributed by atoms with Gasteiger partial charge in [0.05, 0.1) is 6.10 Å². The van der Waals surface area contributed by atoms with E-state index in [4.69, 9.17) is 0 Å². The maximum absolute atomic E-state index is 11.0. The van der Waals surface area contributed by atoms with Crippen LogP contribution in [0.1, 0.15) is 38.2 Å². The van der Waals surface area contributed by atoms with Crippen LogP contribution < -0.4 is 0 Å². The Balaban J connectivity index is 1.89. The van der Waals surface area contributed by atoms with Crippen molar-refractivity contribution >= 4 is 10.8 Å². The Labute approximate surface area is 132 Å². The van der Waals surface area contributed by atoms with E-state index in [0.29, 0.717) is 6.42 Å². The van der Waals surface area contributed by atoms with Crippen molar-refractivity contribution in [3.63, 3.8) is 0 Å². The molecule has 0 fully saturated rings. The molecule has 0 amide bonds. The molecule has 0 heterocycles. The van der Waals surface area contributed by atoms with Crippen molar-refractivity contribution in [3.8, 4) is 0 Å². The largest absolute Gasteiger partial charge is 0.392 e. The molecule has 3 atom stereocenters.